The van der Waals surface area contributed by atoms with E-state index in [0.717, 1.165) is 46.9 Å². The Bertz CT molecular complexity index is 1300. The van der Waals surface area contributed by atoms with Crippen LogP contribution in [0.5, 0.6) is 0 Å². The zero-order chi connectivity index (χ0) is 24.7. The molecule has 0 bridgehead atoms. The highest BCUT2D eigenvalue weighted by molar-refractivity contribution is 7.98. The maximum absolute atomic E-state index is 12.5. The van der Waals surface area contributed by atoms with Crippen molar-refractivity contribution in [3.63, 3.8) is 0 Å². The van der Waals surface area contributed by atoms with E-state index in [4.69, 9.17) is 0 Å². The number of nitrogens with zero attached hydrogens (tertiary/aromatic N) is 5. The standard InChI is InChI=1S/C27H30N6OS2/c1-20-9-5-6-12-23(20)33-24(17-21-10-3-2-4-11-21)30-31-27(33)36-19-25-29-22(18-35-25)26(34)28-13-16-32-14-7-8-15-32/h2-6,9-12,18H,7-8,13-17,19H2,1H3,(H,28,34). The van der Waals surface area contributed by atoms with Gasteiger partial charge >= 0.3 is 0 Å². The second-order valence-corrected chi connectivity index (χ2v) is 10.8. The third-order valence-electron chi connectivity index (χ3n) is 6.28. The molecular formula is C27H30N6OS2. The summed E-state index contributed by atoms with van der Waals surface area (Å²) in [5, 5.41) is 15.6. The zero-order valence-corrected chi connectivity index (χ0v) is 22.0. The van der Waals surface area contributed by atoms with E-state index < -0.39 is 0 Å². The highest BCUT2D eigenvalue weighted by Gasteiger charge is 2.18. The lowest BCUT2D eigenvalue weighted by molar-refractivity contribution is 0.0945. The Morgan fingerprint density at radius 2 is 1.83 bits per heavy atom. The van der Waals surface area contributed by atoms with Gasteiger partial charge < -0.3 is 10.2 Å². The van der Waals surface area contributed by atoms with Crippen LogP contribution < -0.4 is 5.32 Å². The Kier molecular flexibility index (Phi) is 8.10. The fraction of sp³-hybridized carbons (Fsp3) is 0.333. The first-order chi connectivity index (χ1) is 17.7. The maximum Gasteiger partial charge on any atom is 0.270 e. The average Bonchev–Trinajstić information content (AvgIpc) is 3.66. The predicted octanol–water partition coefficient (Wildman–Crippen LogP) is 4.74. The molecule has 1 fully saturated rings. The second-order valence-electron chi connectivity index (χ2n) is 8.90. The van der Waals surface area contributed by atoms with Crippen molar-refractivity contribution < 1.29 is 4.79 Å². The summed E-state index contributed by atoms with van der Waals surface area (Å²) >= 11 is 3.10. The molecule has 1 N–H and O–H groups in total. The molecule has 2 aromatic heterocycles. The van der Waals surface area contributed by atoms with Crippen molar-refractivity contribution >= 4 is 29.0 Å². The number of benzene rings is 2. The Morgan fingerprint density at radius 1 is 1.06 bits per heavy atom. The highest BCUT2D eigenvalue weighted by Crippen LogP contribution is 2.28. The molecule has 1 amide bonds. The number of rotatable bonds is 10. The van der Waals surface area contributed by atoms with Gasteiger partial charge in [0.25, 0.3) is 5.91 Å². The fourth-order valence-electron chi connectivity index (χ4n) is 4.38. The number of thioether (sulfide) groups is 1. The first-order valence-electron chi connectivity index (χ1n) is 12.3. The Labute approximate surface area is 220 Å². The SMILES string of the molecule is Cc1ccccc1-n1c(Cc2ccccc2)nnc1SCc1nc(C(=O)NCCN2CCCC2)cs1. The molecule has 3 heterocycles. The number of hydrogen-bond acceptors (Lipinski definition) is 7. The number of amides is 1. The summed E-state index contributed by atoms with van der Waals surface area (Å²) < 4.78 is 2.15. The van der Waals surface area contributed by atoms with Crippen LogP contribution in [0.3, 0.4) is 0 Å². The van der Waals surface area contributed by atoms with E-state index in [1.54, 1.807) is 11.8 Å². The van der Waals surface area contributed by atoms with Gasteiger partial charge in [0.1, 0.15) is 16.5 Å². The predicted molar refractivity (Wildman–Crippen MR) is 145 cm³/mol. The van der Waals surface area contributed by atoms with Crippen molar-refractivity contribution in [2.45, 2.75) is 37.1 Å². The van der Waals surface area contributed by atoms with Crippen LogP contribution in [0.25, 0.3) is 5.69 Å². The topological polar surface area (TPSA) is 75.9 Å². The summed E-state index contributed by atoms with van der Waals surface area (Å²) in [6, 6.07) is 18.6. The molecule has 5 rings (SSSR count). The van der Waals surface area contributed by atoms with Gasteiger partial charge in [-0.25, -0.2) is 4.98 Å². The minimum atomic E-state index is -0.102. The van der Waals surface area contributed by atoms with Crippen molar-refractivity contribution in [1.29, 1.82) is 0 Å². The van der Waals surface area contributed by atoms with E-state index in [2.05, 4.69) is 61.2 Å². The largest absolute Gasteiger partial charge is 0.349 e. The number of hydrogen-bond donors (Lipinski definition) is 1. The molecule has 36 heavy (non-hydrogen) atoms. The van der Waals surface area contributed by atoms with Gasteiger partial charge in [-0.3, -0.25) is 9.36 Å². The number of carbonyl (C=O) groups excluding carboxylic acids is 1. The minimum Gasteiger partial charge on any atom is -0.349 e. The van der Waals surface area contributed by atoms with E-state index >= 15 is 0 Å². The summed E-state index contributed by atoms with van der Waals surface area (Å²) in [6.45, 7) is 5.93. The van der Waals surface area contributed by atoms with E-state index in [-0.39, 0.29) is 5.91 Å². The molecule has 0 atom stereocenters. The smallest absolute Gasteiger partial charge is 0.270 e. The number of carbonyl (C=O) groups is 1. The van der Waals surface area contributed by atoms with Crippen molar-refractivity contribution in [2.75, 3.05) is 26.2 Å². The van der Waals surface area contributed by atoms with E-state index in [1.807, 2.05) is 35.7 Å². The Hall–Kier alpha value is -3.01. The Morgan fingerprint density at radius 3 is 2.64 bits per heavy atom. The average molecular weight is 519 g/mol. The third kappa shape index (κ3) is 6.03. The molecule has 0 saturated carbocycles. The minimum absolute atomic E-state index is 0.102. The molecule has 1 aliphatic heterocycles. The van der Waals surface area contributed by atoms with Crippen LogP contribution in [0.1, 0.15) is 45.3 Å². The summed E-state index contributed by atoms with van der Waals surface area (Å²) in [6.07, 6.45) is 3.21. The van der Waals surface area contributed by atoms with Gasteiger partial charge in [0.2, 0.25) is 0 Å². The first kappa shape index (κ1) is 24.7. The molecule has 0 spiro atoms. The Balaban J connectivity index is 1.27. The summed E-state index contributed by atoms with van der Waals surface area (Å²) in [5.41, 5.74) is 3.92. The molecule has 2 aromatic carbocycles. The van der Waals surface area contributed by atoms with Gasteiger partial charge in [0.15, 0.2) is 5.16 Å². The van der Waals surface area contributed by atoms with Crippen LogP contribution in [-0.4, -0.2) is 56.7 Å². The molecule has 4 aromatic rings. The lowest BCUT2D eigenvalue weighted by Crippen LogP contribution is -2.33. The monoisotopic (exact) mass is 518 g/mol. The lowest BCUT2D eigenvalue weighted by Gasteiger charge is -2.14. The second kappa shape index (κ2) is 11.8. The van der Waals surface area contributed by atoms with Crippen molar-refractivity contribution in [1.82, 2.24) is 30.0 Å². The molecule has 0 radical (unpaired) electrons. The van der Waals surface area contributed by atoms with E-state index in [9.17, 15) is 4.79 Å². The molecule has 186 valence electrons. The molecular weight excluding hydrogens is 488 g/mol. The van der Waals surface area contributed by atoms with Gasteiger partial charge in [-0.1, -0.05) is 60.3 Å². The van der Waals surface area contributed by atoms with E-state index in [1.165, 1.54) is 29.7 Å². The molecule has 9 heteroatoms. The summed E-state index contributed by atoms with van der Waals surface area (Å²) in [7, 11) is 0. The molecule has 0 unspecified atom stereocenters. The zero-order valence-electron chi connectivity index (χ0n) is 20.4. The van der Waals surface area contributed by atoms with Crippen LogP contribution in [-0.2, 0) is 12.2 Å². The van der Waals surface area contributed by atoms with Crippen LogP contribution in [0.4, 0.5) is 0 Å². The van der Waals surface area contributed by atoms with E-state index in [0.29, 0.717) is 24.4 Å². The van der Waals surface area contributed by atoms with Gasteiger partial charge in [-0.05, 0) is 50.0 Å². The number of aryl methyl sites for hydroxylation is 1. The first-order valence-corrected chi connectivity index (χ1v) is 14.2. The van der Waals surface area contributed by atoms with Gasteiger partial charge in [0, 0.05) is 24.9 Å². The number of para-hydroxylation sites is 1. The maximum atomic E-state index is 12.5. The van der Waals surface area contributed by atoms with Gasteiger partial charge in [-0.15, -0.1) is 21.5 Å². The van der Waals surface area contributed by atoms with Crippen molar-refractivity contribution in [3.05, 3.63) is 87.6 Å². The molecule has 0 aliphatic carbocycles. The van der Waals surface area contributed by atoms with Crippen LogP contribution >= 0.6 is 23.1 Å². The van der Waals surface area contributed by atoms with Crippen molar-refractivity contribution in [3.8, 4) is 5.69 Å². The van der Waals surface area contributed by atoms with Crippen molar-refractivity contribution in [2.24, 2.45) is 0 Å². The number of thiazole rings is 1. The number of likely N-dealkylation sites (tertiary alicyclic amines) is 1. The molecule has 1 aliphatic rings. The van der Waals surface area contributed by atoms with Crippen LogP contribution in [0.2, 0.25) is 0 Å². The van der Waals surface area contributed by atoms with Crippen LogP contribution in [0, 0.1) is 6.92 Å². The lowest BCUT2D eigenvalue weighted by atomic mass is 10.1. The summed E-state index contributed by atoms with van der Waals surface area (Å²) in [4.78, 5) is 19.5. The molecule has 7 nitrogen and oxygen atoms in total. The van der Waals surface area contributed by atoms with Gasteiger partial charge in [-0.2, -0.15) is 0 Å². The fourth-order valence-corrected chi connectivity index (χ4v) is 6.13. The molecule has 1 saturated heterocycles. The quantitative estimate of drug-likeness (QED) is 0.306. The van der Waals surface area contributed by atoms with Gasteiger partial charge in [0.05, 0.1) is 11.4 Å². The van der Waals surface area contributed by atoms with Crippen LogP contribution in [0.15, 0.2) is 65.1 Å². The number of nitrogens with one attached hydrogen (secondary N) is 1. The highest BCUT2D eigenvalue weighted by atomic mass is 32.2. The summed E-state index contributed by atoms with van der Waals surface area (Å²) in [5.74, 6) is 1.42. The normalized spacial score (nSPS) is 13.8. The third-order valence-corrected chi connectivity index (χ3v) is 8.25. The number of aromatic nitrogens is 4.